The third-order valence-electron chi connectivity index (χ3n) is 7.46. The van der Waals surface area contributed by atoms with Crippen LogP contribution in [0.15, 0.2) is 54.6 Å². The van der Waals surface area contributed by atoms with Crippen LogP contribution in [-0.4, -0.2) is 16.9 Å². The molecule has 0 atom stereocenters. The Morgan fingerprint density at radius 3 is 2.12 bits per heavy atom. The Balaban J connectivity index is 1.22. The summed E-state index contributed by atoms with van der Waals surface area (Å²) >= 11 is 5.48. The predicted molar refractivity (Wildman–Crippen MR) is 129 cm³/mol. The lowest BCUT2D eigenvalue weighted by Gasteiger charge is -2.55. The van der Waals surface area contributed by atoms with E-state index in [1.807, 2.05) is 42.5 Å². The summed E-state index contributed by atoms with van der Waals surface area (Å²) in [5, 5.41) is 9.26. The number of carbonyl (C=O) groups excluding carboxylic acids is 2. The standard InChI is InChI=1S/C26H29N3O2S/c30-23(27-16-17-6-2-1-3-7-17)21-8-4-5-9-22(21)28-25(32)29-24(31)26-13-18-10-19(14-26)12-20(11-18)15-26/h1-9,18-20H,10-16H2,(H,27,30)(H2,28,29,31,32). The number of para-hydroxylation sites is 1. The van der Waals surface area contributed by atoms with Gasteiger partial charge in [-0.25, -0.2) is 0 Å². The first-order valence-corrected chi connectivity index (χ1v) is 12.0. The number of thiocarbonyl (C=S) groups is 1. The van der Waals surface area contributed by atoms with Gasteiger partial charge in [-0.05, 0) is 86.2 Å². The minimum atomic E-state index is -0.257. The van der Waals surface area contributed by atoms with Gasteiger partial charge in [0.05, 0.1) is 16.7 Å². The van der Waals surface area contributed by atoms with Gasteiger partial charge in [0.1, 0.15) is 0 Å². The molecule has 2 aromatic carbocycles. The van der Waals surface area contributed by atoms with E-state index in [-0.39, 0.29) is 22.3 Å². The smallest absolute Gasteiger partial charge is 0.253 e. The van der Waals surface area contributed by atoms with E-state index in [1.54, 1.807) is 12.1 Å². The summed E-state index contributed by atoms with van der Waals surface area (Å²) in [5.74, 6) is 1.96. The number of anilines is 1. The van der Waals surface area contributed by atoms with Gasteiger partial charge in [0.2, 0.25) is 5.91 Å². The number of hydrogen-bond acceptors (Lipinski definition) is 3. The summed E-state index contributed by atoms with van der Waals surface area (Å²) in [4.78, 5) is 26.0. The zero-order chi connectivity index (χ0) is 22.1. The van der Waals surface area contributed by atoms with Gasteiger partial charge in [-0.3, -0.25) is 9.59 Å². The first-order chi connectivity index (χ1) is 15.5. The second kappa shape index (κ2) is 8.66. The molecule has 4 aliphatic carbocycles. The Morgan fingerprint density at radius 2 is 1.47 bits per heavy atom. The highest BCUT2D eigenvalue weighted by molar-refractivity contribution is 7.80. The molecule has 0 radical (unpaired) electrons. The molecule has 4 saturated carbocycles. The highest BCUT2D eigenvalue weighted by Gasteiger charge is 2.54. The van der Waals surface area contributed by atoms with Crippen LogP contribution < -0.4 is 16.0 Å². The average Bonchev–Trinajstić information content (AvgIpc) is 2.77. The molecule has 166 valence electrons. The highest BCUT2D eigenvalue weighted by Crippen LogP contribution is 2.60. The molecule has 2 aromatic rings. The maximum atomic E-state index is 13.3. The van der Waals surface area contributed by atoms with Crippen LogP contribution >= 0.6 is 12.2 Å². The molecule has 5 nitrogen and oxygen atoms in total. The third kappa shape index (κ3) is 4.29. The second-order valence-corrected chi connectivity index (χ2v) is 10.2. The molecular weight excluding hydrogens is 418 g/mol. The van der Waals surface area contributed by atoms with E-state index in [2.05, 4.69) is 16.0 Å². The Hall–Kier alpha value is -2.73. The molecule has 0 aliphatic heterocycles. The van der Waals surface area contributed by atoms with E-state index in [0.717, 1.165) is 24.8 Å². The normalized spacial score (nSPS) is 27.6. The van der Waals surface area contributed by atoms with Crippen LogP contribution in [0, 0.1) is 23.2 Å². The molecule has 0 spiro atoms. The molecule has 4 aliphatic rings. The fourth-order valence-electron chi connectivity index (χ4n) is 6.44. The number of hydrogen-bond donors (Lipinski definition) is 3. The van der Waals surface area contributed by atoms with Crippen molar-refractivity contribution in [2.24, 2.45) is 23.2 Å². The summed E-state index contributed by atoms with van der Waals surface area (Å²) in [6, 6.07) is 17.0. The number of amides is 2. The summed E-state index contributed by atoms with van der Waals surface area (Å²) in [6.07, 6.45) is 6.85. The Kier molecular flexibility index (Phi) is 5.72. The molecule has 4 bridgehead atoms. The molecule has 4 fully saturated rings. The van der Waals surface area contributed by atoms with Crippen molar-refractivity contribution in [3.8, 4) is 0 Å². The molecule has 3 N–H and O–H groups in total. The first-order valence-electron chi connectivity index (χ1n) is 11.5. The zero-order valence-corrected chi connectivity index (χ0v) is 18.9. The summed E-state index contributed by atoms with van der Waals surface area (Å²) in [5.41, 5.74) is 1.86. The Morgan fingerprint density at radius 1 is 0.875 bits per heavy atom. The van der Waals surface area contributed by atoms with Gasteiger partial charge >= 0.3 is 0 Å². The average molecular weight is 448 g/mol. The lowest BCUT2D eigenvalue weighted by atomic mass is 9.49. The van der Waals surface area contributed by atoms with Gasteiger partial charge in [-0.15, -0.1) is 0 Å². The lowest BCUT2D eigenvalue weighted by Crippen LogP contribution is -2.55. The van der Waals surface area contributed by atoms with Gasteiger partial charge in [0, 0.05) is 6.54 Å². The maximum Gasteiger partial charge on any atom is 0.253 e. The summed E-state index contributed by atoms with van der Waals surface area (Å²) < 4.78 is 0. The van der Waals surface area contributed by atoms with Crippen molar-refractivity contribution < 1.29 is 9.59 Å². The van der Waals surface area contributed by atoms with Crippen molar-refractivity contribution in [2.75, 3.05) is 5.32 Å². The van der Waals surface area contributed by atoms with E-state index in [1.165, 1.54) is 19.3 Å². The van der Waals surface area contributed by atoms with Crippen LogP contribution in [0.1, 0.15) is 54.4 Å². The number of carbonyl (C=O) groups is 2. The fourth-order valence-corrected chi connectivity index (χ4v) is 6.64. The highest BCUT2D eigenvalue weighted by atomic mass is 32.1. The van der Waals surface area contributed by atoms with E-state index < -0.39 is 0 Å². The van der Waals surface area contributed by atoms with Crippen LogP contribution in [0.25, 0.3) is 0 Å². The van der Waals surface area contributed by atoms with E-state index in [0.29, 0.717) is 35.5 Å². The molecule has 6 rings (SSSR count). The minimum Gasteiger partial charge on any atom is -0.348 e. The zero-order valence-electron chi connectivity index (χ0n) is 18.1. The quantitative estimate of drug-likeness (QED) is 0.584. The van der Waals surface area contributed by atoms with Crippen molar-refractivity contribution in [2.45, 2.75) is 45.1 Å². The molecule has 0 aromatic heterocycles. The molecule has 0 heterocycles. The second-order valence-electron chi connectivity index (χ2n) is 9.82. The molecular formula is C26H29N3O2S. The molecule has 2 amide bonds. The largest absolute Gasteiger partial charge is 0.348 e. The minimum absolute atomic E-state index is 0.0557. The number of nitrogens with one attached hydrogen (secondary N) is 3. The summed E-state index contributed by atoms with van der Waals surface area (Å²) in [6.45, 7) is 0.446. The Bertz CT molecular complexity index is 1000. The van der Waals surface area contributed by atoms with Crippen molar-refractivity contribution in [1.82, 2.24) is 10.6 Å². The summed E-state index contributed by atoms with van der Waals surface area (Å²) in [7, 11) is 0. The third-order valence-corrected chi connectivity index (χ3v) is 7.67. The van der Waals surface area contributed by atoms with Crippen molar-refractivity contribution in [3.05, 3.63) is 65.7 Å². The maximum absolute atomic E-state index is 13.3. The van der Waals surface area contributed by atoms with E-state index in [4.69, 9.17) is 12.2 Å². The van der Waals surface area contributed by atoms with Gasteiger partial charge in [-0.2, -0.15) is 0 Å². The number of benzene rings is 2. The van der Waals surface area contributed by atoms with E-state index in [9.17, 15) is 9.59 Å². The van der Waals surface area contributed by atoms with Crippen molar-refractivity contribution in [1.29, 1.82) is 0 Å². The fraction of sp³-hybridized carbons (Fsp3) is 0.423. The van der Waals surface area contributed by atoms with Gasteiger partial charge in [-0.1, -0.05) is 42.5 Å². The van der Waals surface area contributed by atoms with Crippen LogP contribution in [0.4, 0.5) is 5.69 Å². The van der Waals surface area contributed by atoms with Gasteiger partial charge in [0.25, 0.3) is 5.91 Å². The molecule has 0 unspecified atom stereocenters. The van der Waals surface area contributed by atoms with Crippen LogP contribution in [0.3, 0.4) is 0 Å². The molecule has 0 saturated heterocycles. The first kappa shape index (κ1) is 21.1. The molecule has 32 heavy (non-hydrogen) atoms. The monoisotopic (exact) mass is 447 g/mol. The van der Waals surface area contributed by atoms with Crippen LogP contribution in [0.5, 0.6) is 0 Å². The predicted octanol–water partition coefficient (Wildman–Crippen LogP) is 4.65. The lowest BCUT2D eigenvalue weighted by molar-refractivity contribution is -0.144. The van der Waals surface area contributed by atoms with Crippen LogP contribution in [0.2, 0.25) is 0 Å². The van der Waals surface area contributed by atoms with E-state index >= 15 is 0 Å². The van der Waals surface area contributed by atoms with Gasteiger partial charge < -0.3 is 16.0 Å². The van der Waals surface area contributed by atoms with Crippen molar-refractivity contribution in [3.63, 3.8) is 0 Å². The van der Waals surface area contributed by atoms with Crippen LogP contribution in [-0.2, 0) is 11.3 Å². The SMILES string of the molecule is O=C(NCc1ccccc1)c1ccccc1NC(=S)NC(=O)C12CC3CC(CC(C3)C1)C2. The Labute approximate surface area is 194 Å². The topological polar surface area (TPSA) is 70.2 Å². The molecule has 6 heteroatoms. The van der Waals surface area contributed by atoms with Crippen molar-refractivity contribution >= 4 is 34.8 Å². The van der Waals surface area contributed by atoms with Gasteiger partial charge in [0.15, 0.2) is 5.11 Å². The number of rotatable bonds is 5.